The van der Waals surface area contributed by atoms with E-state index in [2.05, 4.69) is 5.32 Å². The molecule has 8 heteroatoms. The molecule has 16 heavy (non-hydrogen) atoms. The number of hydrogen-bond acceptors (Lipinski definition) is 4. The van der Waals surface area contributed by atoms with Crippen molar-refractivity contribution < 1.29 is 26.7 Å². The molecule has 0 radical (unpaired) electrons. The number of hydrogen-bond donors (Lipinski definition) is 2. The van der Waals surface area contributed by atoms with Crippen LogP contribution in [0.2, 0.25) is 0 Å². The van der Waals surface area contributed by atoms with Gasteiger partial charge in [0.2, 0.25) is 0 Å². The second-order valence-corrected chi connectivity index (χ2v) is 6.21. The predicted octanol–water partition coefficient (Wildman–Crippen LogP) is -0.0661. The maximum absolute atomic E-state index is 11.9. The second kappa shape index (κ2) is 4.89. The van der Waals surface area contributed by atoms with Crippen LogP contribution >= 0.6 is 0 Å². The normalized spacial score (nSPS) is 26.9. The van der Waals surface area contributed by atoms with E-state index in [1.165, 1.54) is 0 Å². The van der Waals surface area contributed by atoms with E-state index in [1.807, 2.05) is 0 Å². The molecule has 1 rings (SSSR count). The van der Waals surface area contributed by atoms with Gasteiger partial charge in [-0.25, -0.2) is 8.42 Å². The number of rotatable bonds is 4. The van der Waals surface area contributed by atoms with Crippen LogP contribution in [0.25, 0.3) is 0 Å². The third-order valence-corrected chi connectivity index (χ3v) is 4.31. The molecule has 1 saturated heterocycles. The van der Waals surface area contributed by atoms with Gasteiger partial charge in [-0.2, -0.15) is 13.2 Å². The first kappa shape index (κ1) is 13.7. The molecule has 0 saturated carbocycles. The number of sulfone groups is 1. The standard InChI is InChI=1S/C8H14F3NO3S/c9-8(10,11)7(13)4-12-3-6-1-2-16(14,15)5-6/h6-7,12-13H,1-5H2. The van der Waals surface area contributed by atoms with Crippen LogP contribution < -0.4 is 5.32 Å². The van der Waals surface area contributed by atoms with E-state index >= 15 is 0 Å². The first-order chi connectivity index (χ1) is 7.21. The Morgan fingerprint density at radius 1 is 1.44 bits per heavy atom. The van der Waals surface area contributed by atoms with Crippen LogP contribution in [0.1, 0.15) is 6.42 Å². The van der Waals surface area contributed by atoms with Gasteiger partial charge < -0.3 is 10.4 Å². The molecular formula is C8H14F3NO3S. The zero-order valence-corrected chi connectivity index (χ0v) is 9.31. The molecule has 1 aliphatic rings. The fourth-order valence-electron chi connectivity index (χ4n) is 1.57. The van der Waals surface area contributed by atoms with Crippen molar-refractivity contribution in [2.45, 2.75) is 18.7 Å². The van der Waals surface area contributed by atoms with E-state index in [0.717, 1.165) is 0 Å². The van der Waals surface area contributed by atoms with Gasteiger partial charge in [0.05, 0.1) is 11.5 Å². The van der Waals surface area contributed by atoms with Crippen molar-refractivity contribution >= 4 is 9.84 Å². The predicted molar refractivity (Wildman–Crippen MR) is 51.7 cm³/mol. The van der Waals surface area contributed by atoms with Crippen molar-refractivity contribution in [3.05, 3.63) is 0 Å². The maximum Gasteiger partial charge on any atom is 0.415 e. The molecule has 0 amide bonds. The number of aliphatic hydroxyl groups excluding tert-OH is 1. The molecule has 1 heterocycles. The zero-order chi connectivity index (χ0) is 12.4. The molecule has 0 bridgehead atoms. The minimum Gasteiger partial charge on any atom is -0.382 e. The Balaban J connectivity index is 2.22. The monoisotopic (exact) mass is 261 g/mol. The lowest BCUT2D eigenvalue weighted by molar-refractivity contribution is -0.201. The molecular weight excluding hydrogens is 247 g/mol. The Bertz CT molecular complexity index is 328. The van der Waals surface area contributed by atoms with E-state index in [0.29, 0.717) is 6.42 Å². The summed E-state index contributed by atoms with van der Waals surface area (Å²) in [5.41, 5.74) is 0. The van der Waals surface area contributed by atoms with E-state index < -0.39 is 28.7 Å². The Labute approximate surface area is 91.8 Å². The third kappa shape index (κ3) is 4.26. The number of aliphatic hydroxyl groups is 1. The molecule has 0 aliphatic carbocycles. The van der Waals surface area contributed by atoms with Crippen LogP contribution in [-0.2, 0) is 9.84 Å². The first-order valence-electron chi connectivity index (χ1n) is 4.86. The summed E-state index contributed by atoms with van der Waals surface area (Å²) in [4.78, 5) is 0. The second-order valence-electron chi connectivity index (χ2n) is 3.98. The number of alkyl halides is 3. The highest BCUT2D eigenvalue weighted by Gasteiger charge is 2.38. The molecule has 2 N–H and O–H groups in total. The first-order valence-corrected chi connectivity index (χ1v) is 6.69. The van der Waals surface area contributed by atoms with Gasteiger partial charge in [-0.3, -0.25) is 0 Å². The summed E-state index contributed by atoms with van der Waals surface area (Å²) >= 11 is 0. The quantitative estimate of drug-likeness (QED) is 0.743. The van der Waals surface area contributed by atoms with Crippen LogP contribution in [0.3, 0.4) is 0 Å². The summed E-state index contributed by atoms with van der Waals surface area (Å²) in [7, 11) is -3.00. The van der Waals surface area contributed by atoms with Gasteiger partial charge in [0.15, 0.2) is 15.9 Å². The average Bonchev–Trinajstić information content (AvgIpc) is 2.44. The molecule has 2 unspecified atom stereocenters. The lowest BCUT2D eigenvalue weighted by Crippen LogP contribution is -2.40. The fraction of sp³-hybridized carbons (Fsp3) is 1.00. The molecule has 4 nitrogen and oxygen atoms in total. The minimum atomic E-state index is -4.63. The molecule has 0 aromatic carbocycles. The lowest BCUT2D eigenvalue weighted by Gasteiger charge is -2.16. The Morgan fingerprint density at radius 2 is 2.06 bits per heavy atom. The maximum atomic E-state index is 11.9. The van der Waals surface area contributed by atoms with Crippen LogP contribution in [-0.4, -0.2) is 50.4 Å². The summed E-state index contributed by atoms with van der Waals surface area (Å²) in [6.45, 7) is -0.410. The molecule has 96 valence electrons. The lowest BCUT2D eigenvalue weighted by atomic mass is 10.1. The zero-order valence-electron chi connectivity index (χ0n) is 8.50. The topological polar surface area (TPSA) is 66.4 Å². The largest absolute Gasteiger partial charge is 0.415 e. The van der Waals surface area contributed by atoms with Gasteiger partial charge in [-0.15, -0.1) is 0 Å². The minimum absolute atomic E-state index is 0.0160. The summed E-state index contributed by atoms with van der Waals surface area (Å²) < 4.78 is 57.7. The number of halogens is 3. The van der Waals surface area contributed by atoms with Crippen molar-refractivity contribution in [1.82, 2.24) is 5.32 Å². The van der Waals surface area contributed by atoms with Gasteiger partial charge in [-0.1, -0.05) is 0 Å². The SMILES string of the molecule is O=S1(=O)CCC(CNCC(O)C(F)(F)F)C1. The number of nitrogens with one attached hydrogen (secondary N) is 1. The van der Waals surface area contributed by atoms with Crippen LogP contribution in [0.4, 0.5) is 13.2 Å². The van der Waals surface area contributed by atoms with Crippen LogP contribution in [0.5, 0.6) is 0 Å². The van der Waals surface area contributed by atoms with Gasteiger partial charge in [0.25, 0.3) is 0 Å². The highest BCUT2D eigenvalue weighted by Crippen LogP contribution is 2.20. The van der Waals surface area contributed by atoms with Crippen molar-refractivity contribution in [2.75, 3.05) is 24.6 Å². The Hall–Kier alpha value is -0.340. The van der Waals surface area contributed by atoms with E-state index in [1.54, 1.807) is 0 Å². The molecule has 2 atom stereocenters. The third-order valence-electron chi connectivity index (χ3n) is 2.48. The highest BCUT2D eigenvalue weighted by molar-refractivity contribution is 7.91. The molecule has 0 aromatic rings. The van der Waals surface area contributed by atoms with Crippen molar-refractivity contribution in [2.24, 2.45) is 5.92 Å². The molecule has 0 spiro atoms. The molecule has 0 aromatic heterocycles. The van der Waals surface area contributed by atoms with Gasteiger partial charge in [0.1, 0.15) is 0 Å². The van der Waals surface area contributed by atoms with Crippen molar-refractivity contribution in [1.29, 1.82) is 0 Å². The van der Waals surface area contributed by atoms with Crippen molar-refractivity contribution in [3.8, 4) is 0 Å². The van der Waals surface area contributed by atoms with Crippen molar-refractivity contribution in [3.63, 3.8) is 0 Å². The summed E-state index contributed by atoms with van der Waals surface area (Å²) in [6, 6.07) is 0. The van der Waals surface area contributed by atoms with E-state index in [-0.39, 0.29) is 24.0 Å². The fourth-order valence-corrected chi connectivity index (χ4v) is 3.43. The van der Waals surface area contributed by atoms with E-state index in [4.69, 9.17) is 5.11 Å². The van der Waals surface area contributed by atoms with E-state index in [9.17, 15) is 21.6 Å². The van der Waals surface area contributed by atoms with Gasteiger partial charge in [-0.05, 0) is 18.9 Å². The smallest absolute Gasteiger partial charge is 0.382 e. The van der Waals surface area contributed by atoms with Gasteiger partial charge in [0, 0.05) is 6.54 Å². The Kier molecular flexibility index (Phi) is 4.19. The Morgan fingerprint density at radius 3 is 2.50 bits per heavy atom. The van der Waals surface area contributed by atoms with Crippen LogP contribution in [0, 0.1) is 5.92 Å². The average molecular weight is 261 g/mol. The highest BCUT2D eigenvalue weighted by atomic mass is 32.2. The molecule has 1 aliphatic heterocycles. The van der Waals surface area contributed by atoms with Gasteiger partial charge >= 0.3 is 6.18 Å². The summed E-state index contributed by atoms with van der Waals surface area (Å²) in [6.07, 6.45) is -6.56. The summed E-state index contributed by atoms with van der Waals surface area (Å²) in [5.74, 6) is -0.0334. The summed E-state index contributed by atoms with van der Waals surface area (Å²) in [5, 5.41) is 11.1. The molecule has 1 fully saturated rings. The van der Waals surface area contributed by atoms with Crippen LogP contribution in [0.15, 0.2) is 0 Å².